The zero-order valence-corrected chi connectivity index (χ0v) is 28.5. The van der Waals surface area contributed by atoms with Crippen LogP contribution in [-0.4, -0.2) is 74.4 Å². The molecule has 2 aliphatic heterocycles. The number of thioether (sulfide) groups is 2. The van der Waals surface area contributed by atoms with Crippen molar-refractivity contribution in [1.82, 2.24) is 20.2 Å². The second-order valence-electron chi connectivity index (χ2n) is 7.62. The second-order valence-corrected chi connectivity index (χ2v) is 11.9. The molecule has 2 aromatic rings. The van der Waals surface area contributed by atoms with Crippen LogP contribution in [0.4, 0.5) is 5.13 Å². The van der Waals surface area contributed by atoms with Gasteiger partial charge in [-0.2, -0.15) is 0 Å². The number of carboxylic acid groups (broad SMARTS) is 2. The number of carboxylic acids is 2. The smallest absolute Gasteiger partial charge is 0.550 e. The van der Waals surface area contributed by atoms with E-state index in [1.165, 1.54) is 47.4 Å². The summed E-state index contributed by atoms with van der Waals surface area (Å²) in [6.45, 7) is 1.69. The third-order valence-electron chi connectivity index (χ3n) is 5.24. The number of nitrogens with two attached hydrogens (primary N) is 1. The largest absolute Gasteiger partial charge is 1.00 e. The number of hydrogen-bond acceptors (Lipinski definition) is 15. The van der Waals surface area contributed by atoms with E-state index in [-0.39, 0.29) is 99.3 Å². The van der Waals surface area contributed by atoms with Gasteiger partial charge in [0, 0.05) is 34.2 Å². The number of fused-ring (bicyclic) bond motifs is 1. The number of nitrogen functional groups attached to an aromatic ring is 1. The summed E-state index contributed by atoms with van der Waals surface area (Å²) in [7, 11) is 1.25. The van der Waals surface area contributed by atoms with Crippen molar-refractivity contribution >= 4 is 80.8 Å². The van der Waals surface area contributed by atoms with Crippen LogP contribution in [0.3, 0.4) is 0 Å². The molecular formula is C20H18N6Na2O7S4. The van der Waals surface area contributed by atoms with Crippen LogP contribution in [-0.2, 0) is 30.4 Å². The predicted octanol–water partition coefficient (Wildman–Crippen LogP) is -7.66. The maximum atomic E-state index is 12.9. The minimum Gasteiger partial charge on any atom is -0.550 e. The zero-order chi connectivity index (χ0) is 26.9. The van der Waals surface area contributed by atoms with Gasteiger partial charge in [-0.25, -0.2) is 9.97 Å². The van der Waals surface area contributed by atoms with Crippen LogP contribution in [0.25, 0.3) is 0 Å². The first-order valence-corrected chi connectivity index (χ1v) is 14.1. The molecule has 13 nitrogen and oxygen atoms in total. The van der Waals surface area contributed by atoms with Crippen LogP contribution in [0.1, 0.15) is 16.3 Å². The normalized spacial score (nSPS) is 18.4. The predicted molar refractivity (Wildman–Crippen MR) is 133 cm³/mol. The topological polar surface area (TPSA) is 203 Å². The number of carbonyl (C=O) groups is 4. The Morgan fingerprint density at radius 2 is 2.03 bits per heavy atom. The minimum atomic E-state index is -1.51. The molecule has 4 rings (SSSR count). The Hall–Kier alpha value is -1.15. The van der Waals surface area contributed by atoms with Crippen molar-refractivity contribution in [2.75, 3.05) is 24.3 Å². The van der Waals surface area contributed by atoms with E-state index in [0.717, 1.165) is 16.2 Å². The van der Waals surface area contributed by atoms with Crippen LogP contribution < -0.4 is 80.4 Å². The summed E-state index contributed by atoms with van der Waals surface area (Å²) >= 11 is 4.83. The number of amides is 2. The number of aryl methyl sites for hydroxylation is 1. The quantitative estimate of drug-likeness (QED) is 0.0829. The number of nitrogens with zero attached hydrogens (tertiary/aromatic N) is 4. The molecule has 2 aliphatic rings. The Bertz CT molecular complexity index is 1350. The van der Waals surface area contributed by atoms with Gasteiger partial charge in [-0.15, -0.1) is 34.4 Å². The van der Waals surface area contributed by atoms with Gasteiger partial charge in [0.05, 0.1) is 17.4 Å². The number of anilines is 1. The summed E-state index contributed by atoms with van der Waals surface area (Å²) in [4.78, 5) is 63.4. The first kappa shape index (κ1) is 34.1. The number of thiazole rings is 2. The van der Waals surface area contributed by atoms with E-state index in [1.807, 2.05) is 0 Å². The van der Waals surface area contributed by atoms with Gasteiger partial charge in [0.1, 0.15) is 24.2 Å². The van der Waals surface area contributed by atoms with Crippen molar-refractivity contribution in [2.45, 2.75) is 29.1 Å². The van der Waals surface area contributed by atoms with Crippen molar-refractivity contribution in [3.8, 4) is 0 Å². The molecule has 2 aromatic heterocycles. The number of oxime groups is 1. The Kier molecular flexibility index (Phi) is 12.8. The first-order chi connectivity index (χ1) is 17.6. The summed E-state index contributed by atoms with van der Waals surface area (Å²) in [6, 6.07) is -0.993. The molecule has 3 N–H and O–H groups in total. The van der Waals surface area contributed by atoms with Crippen molar-refractivity contribution in [3.05, 3.63) is 32.9 Å². The molecule has 0 radical (unpaired) electrons. The summed E-state index contributed by atoms with van der Waals surface area (Å²) in [5.74, 6) is -3.58. The molecule has 2 amide bonds. The van der Waals surface area contributed by atoms with E-state index in [4.69, 9.17) is 10.6 Å². The van der Waals surface area contributed by atoms with Gasteiger partial charge in [0.25, 0.3) is 11.8 Å². The number of β-lactam (4-membered cyclic amide) rings is 1. The molecule has 39 heavy (non-hydrogen) atoms. The van der Waals surface area contributed by atoms with Gasteiger partial charge in [-0.1, -0.05) is 16.9 Å². The van der Waals surface area contributed by atoms with Crippen molar-refractivity contribution in [1.29, 1.82) is 0 Å². The number of carbonyl (C=O) groups excluding carboxylic acids is 4. The standard InChI is InChI=1S/C20H20N6O7S4.2Na/c1-7-10(3-11(27)28)37-20(22-7)36-5-8-4-34-17-13(16(30)26(17)14(8)18(31)32)24-15(29)12(25-33-2)9-6-35-19(21)23-9;;/h6,13,17H,3-5H2,1-2H3,(H2,21,23)(H,24,29)(H,27,28)(H,31,32);;/q;2*+1/p-2/b25-12-;;. The van der Waals surface area contributed by atoms with Gasteiger partial charge in [-0.05, 0) is 12.5 Å². The van der Waals surface area contributed by atoms with Crippen molar-refractivity contribution in [2.24, 2.45) is 5.16 Å². The van der Waals surface area contributed by atoms with E-state index in [1.54, 1.807) is 6.92 Å². The number of nitrogens with one attached hydrogen (secondary N) is 1. The fraction of sp³-hybridized carbons (Fsp3) is 0.350. The van der Waals surface area contributed by atoms with Gasteiger partial charge in [-0.3, -0.25) is 14.5 Å². The molecule has 0 aromatic carbocycles. The zero-order valence-electron chi connectivity index (χ0n) is 21.2. The first-order valence-electron chi connectivity index (χ1n) is 10.4. The number of aromatic nitrogens is 2. The molecule has 0 spiro atoms. The fourth-order valence-electron chi connectivity index (χ4n) is 3.59. The molecule has 0 bridgehead atoms. The molecular weight excluding hydrogens is 611 g/mol. The molecule has 2 atom stereocenters. The second kappa shape index (κ2) is 14.7. The Morgan fingerprint density at radius 3 is 2.62 bits per heavy atom. The van der Waals surface area contributed by atoms with Crippen molar-refractivity contribution in [3.63, 3.8) is 0 Å². The van der Waals surface area contributed by atoms with Crippen LogP contribution >= 0.6 is 46.2 Å². The summed E-state index contributed by atoms with van der Waals surface area (Å²) in [6.07, 6.45) is -0.253. The average Bonchev–Trinajstić information content (AvgIpc) is 3.42. The maximum absolute atomic E-state index is 12.9. The fourth-order valence-corrected chi connectivity index (χ4v) is 7.84. The number of hydrogen-bond donors (Lipinski definition) is 2. The molecule has 0 aliphatic carbocycles. The molecule has 19 heteroatoms. The molecule has 4 heterocycles. The molecule has 1 fully saturated rings. The Morgan fingerprint density at radius 1 is 1.31 bits per heavy atom. The van der Waals surface area contributed by atoms with E-state index >= 15 is 0 Å². The van der Waals surface area contributed by atoms with Crippen molar-refractivity contribution < 1.29 is 93.3 Å². The van der Waals surface area contributed by atoms with Gasteiger partial charge in [0.2, 0.25) is 0 Å². The maximum Gasteiger partial charge on any atom is 1.00 e. The van der Waals surface area contributed by atoms with Gasteiger partial charge < -0.3 is 35.7 Å². The summed E-state index contributed by atoms with van der Waals surface area (Å²) < 4.78 is 0.568. The third kappa shape index (κ3) is 7.58. The van der Waals surface area contributed by atoms with Crippen LogP contribution in [0.15, 0.2) is 26.1 Å². The third-order valence-corrected chi connectivity index (χ3v) is 9.64. The van der Waals surface area contributed by atoms with Gasteiger partial charge >= 0.3 is 59.1 Å². The SMILES string of the molecule is CO/N=C(\C(=O)NC1C(=O)N2C(C(=O)[O-])=C(CSc3nc(C)c(CC(=O)[O-])s3)CSC12)c1csc(N)n1.[Na+].[Na+]. The van der Waals surface area contributed by atoms with E-state index in [9.17, 15) is 29.4 Å². The molecule has 2 unspecified atom stereocenters. The molecule has 196 valence electrons. The van der Waals surface area contributed by atoms with E-state index < -0.39 is 35.2 Å². The number of rotatable bonds is 10. The Labute approximate surface area is 283 Å². The van der Waals surface area contributed by atoms with Crippen LogP contribution in [0.5, 0.6) is 0 Å². The van der Waals surface area contributed by atoms with Crippen LogP contribution in [0.2, 0.25) is 0 Å². The summed E-state index contributed by atoms with van der Waals surface area (Å²) in [5.41, 5.74) is 6.41. The van der Waals surface area contributed by atoms with Crippen LogP contribution in [0, 0.1) is 6.92 Å². The molecule has 1 saturated heterocycles. The van der Waals surface area contributed by atoms with E-state index in [2.05, 4.69) is 20.4 Å². The average molecular weight is 629 g/mol. The molecule has 0 saturated carbocycles. The Balaban J connectivity index is 0.00000267. The van der Waals surface area contributed by atoms with Gasteiger partial charge in [0.15, 0.2) is 15.2 Å². The minimum absolute atomic E-state index is 0. The summed E-state index contributed by atoms with van der Waals surface area (Å²) in [5, 5.41) is 30.2. The number of aliphatic carboxylic acids is 2. The van der Waals surface area contributed by atoms with E-state index in [0.29, 0.717) is 20.5 Å². The monoisotopic (exact) mass is 628 g/mol.